The molecule has 1 rings (SSSR count). The molecule has 4 unspecified atom stereocenters. The summed E-state index contributed by atoms with van der Waals surface area (Å²) in [5, 5.41) is 28.1. The molecular formula is C10H18O5. The van der Waals surface area contributed by atoms with E-state index >= 15 is 0 Å². The van der Waals surface area contributed by atoms with Gasteiger partial charge in [-0.05, 0) is 5.41 Å². The minimum Gasteiger partial charge on any atom is -0.479 e. The minimum atomic E-state index is -1.10. The molecule has 1 fully saturated rings. The van der Waals surface area contributed by atoms with E-state index in [2.05, 4.69) is 0 Å². The van der Waals surface area contributed by atoms with Crippen LogP contribution in [-0.2, 0) is 9.53 Å². The molecule has 1 heterocycles. The summed E-state index contributed by atoms with van der Waals surface area (Å²) < 4.78 is 5.29. The van der Waals surface area contributed by atoms with Crippen LogP contribution in [0, 0.1) is 5.41 Å². The summed E-state index contributed by atoms with van der Waals surface area (Å²) in [5.41, 5.74) is -0.408. The lowest BCUT2D eigenvalue weighted by atomic mass is 9.81. The molecule has 0 aromatic carbocycles. The largest absolute Gasteiger partial charge is 0.479 e. The molecule has 0 spiro atoms. The number of aliphatic hydroxyl groups is 2. The Morgan fingerprint density at radius 3 is 2.27 bits per heavy atom. The van der Waals surface area contributed by atoms with Gasteiger partial charge in [0.25, 0.3) is 0 Å². The van der Waals surface area contributed by atoms with Crippen LogP contribution in [0.25, 0.3) is 0 Å². The molecule has 88 valence electrons. The predicted molar refractivity (Wildman–Crippen MR) is 52.4 cm³/mol. The molecule has 5 heteroatoms. The van der Waals surface area contributed by atoms with E-state index in [1.165, 1.54) is 0 Å². The summed E-state index contributed by atoms with van der Waals surface area (Å²) in [6.07, 6.45) is -3.83. The van der Waals surface area contributed by atoms with E-state index in [-0.39, 0.29) is 6.42 Å². The lowest BCUT2D eigenvalue weighted by Gasteiger charge is -2.42. The molecule has 0 bridgehead atoms. The summed E-state index contributed by atoms with van der Waals surface area (Å²) >= 11 is 0. The van der Waals surface area contributed by atoms with Gasteiger partial charge in [-0.2, -0.15) is 0 Å². The Hall–Kier alpha value is -0.650. The standard InChI is InChI=1S/C10H18O5/c1-10(2,3)8-7(12)5(11)4-6(15-8)9(13)14/h5-8,11-12H,4H2,1-3H3,(H,13,14). The summed E-state index contributed by atoms with van der Waals surface area (Å²) in [6.45, 7) is 5.49. The first kappa shape index (κ1) is 12.4. The SMILES string of the molecule is CC(C)(C)C1OC(C(=O)O)CC(O)C1O. The van der Waals surface area contributed by atoms with Crippen LogP contribution in [0.15, 0.2) is 0 Å². The highest BCUT2D eigenvalue weighted by Gasteiger charge is 2.44. The Morgan fingerprint density at radius 2 is 1.87 bits per heavy atom. The van der Waals surface area contributed by atoms with Crippen molar-refractivity contribution in [1.82, 2.24) is 0 Å². The maximum Gasteiger partial charge on any atom is 0.332 e. The Kier molecular flexibility index (Phi) is 3.38. The van der Waals surface area contributed by atoms with Crippen LogP contribution in [0.4, 0.5) is 0 Å². The number of carbonyl (C=O) groups is 1. The van der Waals surface area contributed by atoms with Crippen molar-refractivity contribution in [2.45, 2.75) is 51.6 Å². The molecule has 5 nitrogen and oxygen atoms in total. The van der Waals surface area contributed by atoms with Crippen molar-refractivity contribution in [3.05, 3.63) is 0 Å². The van der Waals surface area contributed by atoms with Crippen molar-refractivity contribution in [1.29, 1.82) is 0 Å². The van der Waals surface area contributed by atoms with Crippen molar-refractivity contribution in [2.75, 3.05) is 0 Å². The fourth-order valence-corrected chi connectivity index (χ4v) is 1.75. The van der Waals surface area contributed by atoms with Gasteiger partial charge in [0.15, 0.2) is 6.10 Å². The molecule has 0 aromatic rings. The van der Waals surface area contributed by atoms with E-state index in [9.17, 15) is 15.0 Å². The van der Waals surface area contributed by atoms with Crippen molar-refractivity contribution < 1.29 is 24.9 Å². The first-order chi connectivity index (χ1) is 6.73. The number of rotatable bonds is 1. The Labute approximate surface area is 88.7 Å². The van der Waals surface area contributed by atoms with Crippen LogP contribution in [0.3, 0.4) is 0 Å². The monoisotopic (exact) mass is 218 g/mol. The maximum absolute atomic E-state index is 10.8. The molecule has 0 aromatic heterocycles. The van der Waals surface area contributed by atoms with Crippen LogP contribution in [0.1, 0.15) is 27.2 Å². The van der Waals surface area contributed by atoms with Crippen molar-refractivity contribution in [3.63, 3.8) is 0 Å². The Bertz CT molecular complexity index is 245. The topological polar surface area (TPSA) is 87.0 Å². The fraction of sp³-hybridized carbons (Fsp3) is 0.900. The second-order valence-corrected chi connectivity index (χ2v) is 5.04. The highest BCUT2D eigenvalue weighted by Crippen LogP contribution is 2.32. The van der Waals surface area contributed by atoms with Crippen LogP contribution in [0.5, 0.6) is 0 Å². The molecule has 1 aliphatic heterocycles. The van der Waals surface area contributed by atoms with E-state index < -0.39 is 35.8 Å². The fourth-order valence-electron chi connectivity index (χ4n) is 1.75. The first-order valence-corrected chi connectivity index (χ1v) is 4.98. The molecular weight excluding hydrogens is 200 g/mol. The second-order valence-electron chi connectivity index (χ2n) is 5.04. The number of carboxylic acid groups (broad SMARTS) is 1. The number of hydrogen-bond donors (Lipinski definition) is 3. The van der Waals surface area contributed by atoms with E-state index in [1.54, 1.807) is 0 Å². The molecule has 0 amide bonds. The van der Waals surface area contributed by atoms with Crippen LogP contribution in [-0.4, -0.2) is 45.7 Å². The smallest absolute Gasteiger partial charge is 0.332 e. The third-order valence-electron chi connectivity index (χ3n) is 2.60. The number of aliphatic carboxylic acids is 1. The lowest BCUT2D eigenvalue weighted by molar-refractivity contribution is -0.209. The van der Waals surface area contributed by atoms with Crippen LogP contribution >= 0.6 is 0 Å². The zero-order valence-electron chi connectivity index (χ0n) is 9.17. The molecule has 0 saturated carbocycles. The number of ether oxygens (including phenoxy) is 1. The average Bonchev–Trinajstić information content (AvgIpc) is 2.06. The molecule has 4 atom stereocenters. The summed E-state index contributed by atoms with van der Waals surface area (Å²) in [5.74, 6) is -1.10. The summed E-state index contributed by atoms with van der Waals surface area (Å²) in [6, 6.07) is 0. The molecule has 1 aliphatic rings. The molecule has 1 saturated heterocycles. The van der Waals surface area contributed by atoms with E-state index in [4.69, 9.17) is 9.84 Å². The van der Waals surface area contributed by atoms with Crippen molar-refractivity contribution in [3.8, 4) is 0 Å². The van der Waals surface area contributed by atoms with E-state index in [1.807, 2.05) is 20.8 Å². The Balaban J connectivity index is 2.82. The van der Waals surface area contributed by atoms with Crippen LogP contribution in [0.2, 0.25) is 0 Å². The Morgan fingerprint density at radius 1 is 1.33 bits per heavy atom. The van der Waals surface area contributed by atoms with Gasteiger partial charge >= 0.3 is 5.97 Å². The zero-order valence-corrected chi connectivity index (χ0v) is 9.17. The van der Waals surface area contributed by atoms with Crippen LogP contribution < -0.4 is 0 Å². The number of aliphatic hydroxyl groups excluding tert-OH is 2. The summed E-state index contributed by atoms with van der Waals surface area (Å²) in [7, 11) is 0. The molecule has 3 N–H and O–H groups in total. The third-order valence-corrected chi connectivity index (χ3v) is 2.60. The minimum absolute atomic E-state index is 0.0664. The number of carboxylic acids is 1. The normalized spacial score (nSPS) is 37.7. The molecule has 0 aliphatic carbocycles. The first-order valence-electron chi connectivity index (χ1n) is 4.98. The van der Waals surface area contributed by atoms with Gasteiger partial charge in [-0.3, -0.25) is 0 Å². The van der Waals surface area contributed by atoms with Gasteiger partial charge in [0.1, 0.15) is 6.10 Å². The molecule has 15 heavy (non-hydrogen) atoms. The van der Waals surface area contributed by atoms with Crippen molar-refractivity contribution >= 4 is 5.97 Å². The zero-order chi connectivity index (χ0) is 11.8. The number of hydrogen-bond acceptors (Lipinski definition) is 4. The third kappa shape index (κ3) is 2.68. The van der Waals surface area contributed by atoms with Gasteiger partial charge in [-0.15, -0.1) is 0 Å². The van der Waals surface area contributed by atoms with E-state index in [0.29, 0.717) is 0 Å². The highest BCUT2D eigenvalue weighted by atomic mass is 16.5. The summed E-state index contributed by atoms with van der Waals surface area (Å²) in [4.78, 5) is 10.8. The van der Waals surface area contributed by atoms with Gasteiger partial charge in [0.2, 0.25) is 0 Å². The quantitative estimate of drug-likeness (QED) is 0.576. The van der Waals surface area contributed by atoms with E-state index in [0.717, 1.165) is 0 Å². The lowest BCUT2D eigenvalue weighted by Crippen LogP contribution is -2.55. The molecule has 0 radical (unpaired) electrons. The second kappa shape index (κ2) is 4.08. The van der Waals surface area contributed by atoms with Gasteiger partial charge < -0.3 is 20.1 Å². The predicted octanol–water partition coefficient (Wildman–Crippen LogP) is -0.00360. The van der Waals surface area contributed by atoms with Gasteiger partial charge in [-0.25, -0.2) is 4.79 Å². The maximum atomic E-state index is 10.8. The van der Waals surface area contributed by atoms with Gasteiger partial charge in [0.05, 0.1) is 12.2 Å². The highest BCUT2D eigenvalue weighted by molar-refractivity contribution is 5.72. The average molecular weight is 218 g/mol. The van der Waals surface area contributed by atoms with Gasteiger partial charge in [0, 0.05) is 6.42 Å². The van der Waals surface area contributed by atoms with Gasteiger partial charge in [-0.1, -0.05) is 20.8 Å². The van der Waals surface area contributed by atoms with Crippen molar-refractivity contribution in [2.24, 2.45) is 5.41 Å².